The number of fused-ring (bicyclic) bond motifs is 1. The van der Waals surface area contributed by atoms with Crippen LogP contribution in [-0.2, 0) is 0 Å². The van der Waals surface area contributed by atoms with Crippen LogP contribution < -0.4 is 10.5 Å². The first-order valence-corrected chi connectivity index (χ1v) is 6.55. The van der Waals surface area contributed by atoms with Gasteiger partial charge < -0.3 is 9.88 Å². The Hall–Kier alpha value is -2.55. The van der Waals surface area contributed by atoms with Crippen LogP contribution in [0.25, 0.3) is 22.0 Å². The number of nitrogens with one attached hydrogen (secondary N) is 1. The summed E-state index contributed by atoms with van der Waals surface area (Å²) in [4.78, 5) is 17.1. The van der Waals surface area contributed by atoms with Gasteiger partial charge in [-0.3, -0.25) is 4.79 Å². The largest absolute Gasteiger partial charge is 0.378 e. The second-order valence-corrected chi connectivity index (χ2v) is 5.04. The van der Waals surface area contributed by atoms with Crippen molar-refractivity contribution in [1.29, 1.82) is 0 Å². The molecule has 3 aromatic rings. The number of aromatic nitrogens is 1. The average molecular weight is 264 g/mol. The molecule has 20 heavy (non-hydrogen) atoms. The van der Waals surface area contributed by atoms with E-state index in [4.69, 9.17) is 0 Å². The summed E-state index contributed by atoms with van der Waals surface area (Å²) in [7, 11) is 4.01. The van der Waals surface area contributed by atoms with Gasteiger partial charge in [-0.15, -0.1) is 0 Å². The second-order valence-electron chi connectivity index (χ2n) is 5.04. The molecule has 1 aromatic heterocycles. The molecule has 0 radical (unpaired) electrons. The fourth-order valence-corrected chi connectivity index (χ4v) is 2.31. The summed E-state index contributed by atoms with van der Waals surface area (Å²) >= 11 is 0. The third kappa shape index (κ3) is 2.18. The number of anilines is 1. The van der Waals surface area contributed by atoms with Gasteiger partial charge in [-0.2, -0.15) is 0 Å². The predicted molar refractivity (Wildman–Crippen MR) is 84.3 cm³/mol. The Bertz CT molecular complexity index is 801. The third-order valence-corrected chi connectivity index (χ3v) is 3.45. The summed E-state index contributed by atoms with van der Waals surface area (Å²) in [6, 6.07) is 17.8. The standard InChI is InChI=1S/C17H16N2O/c1-19(2)14-9-7-12(8-10-14)16-11-13-5-3-4-6-15(13)17(20)18-16/h3-11H,1-2H3,(H,18,20). The van der Waals surface area contributed by atoms with E-state index in [0.717, 1.165) is 27.7 Å². The Kier molecular flexibility index (Phi) is 3.03. The smallest absolute Gasteiger partial charge is 0.256 e. The Labute approximate surface area is 117 Å². The highest BCUT2D eigenvalue weighted by atomic mass is 16.1. The Morgan fingerprint density at radius 1 is 0.950 bits per heavy atom. The van der Waals surface area contributed by atoms with Crippen LogP contribution in [-0.4, -0.2) is 19.1 Å². The molecule has 1 heterocycles. The van der Waals surface area contributed by atoms with Crippen molar-refractivity contribution >= 4 is 16.5 Å². The predicted octanol–water partition coefficient (Wildman–Crippen LogP) is 3.26. The third-order valence-electron chi connectivity index (χ3n) is 3.45. The maximum Gasteiger partial charge on any atom is 0.256 e. The maximum atomic E-state index is 12.1. The van der Waals surface area contributed by atoms with Gasteiger partial charge >= 0.3 is 0 Å². The first-order chi connectivity index (χ1) is 9.65. The van der Waals surface area contributed by atoms with Crippen LogP contribution in [0.5, 0.6) is 0 Å². The number of rotatable bonds is 2. The van der Waals surface area contributed by atoms with E-state index in [1.165, 1.54) is 0 Å². The van der Waals surface area contributed by atoms with Crippen molar-refractivity contribution in [3.8, 4) is 11.3 Å². The Morgan fingerprint density at radius 3 is 2.35 bits per heavy atom. The summed E-state index contributed by atoms with van der Waals surface area (Å²) < 4.78 is 0. The number of pyridine rings is 1. The van der Waals surface area contributed by atoms with Gasteiger partial charge in [0.2, 0.25) is 0 Å². The lowest BCUT2D eigenvalue weighted by Crippen LogP contribution is -2.08. The van der Waals surface area contributed by atoms with E-state index in [0.29, 0.717) is 0 Å². The molecule has 3 heteroatoms. The second kappa shape index (κ2) is 4.85. The molecule has 3 rings (SSSR count). The zero-order valence-corrected chi connectivity index (χ0v) is 11.6. The van der Waals surface area contributed by atoms with Crippen molar-refractivity contribution in [3.63, 3.8) is 0 Å². The molecule has 0 saturated carbocycles. The highest BCUT2D eigenvalue weighted by Gasteiger charge is 2.04. The molecular weight excluding hydrogens is 248 g/mol. The molecule has 0 spiro atoms. The van der Waals surface area contributed by atoms with E-state index in [-0.39, 0.29) is 5.56 Å². The number of H-pyrrole nitrogens is 1. The molecule has 0 aliphatic heterocycles. The fourth-order valence-electron chi connectivity index (χ4n) is 2.31. The monoisotopic (exact) mass is 264 g/mol. The van der Waals surface area contributed by atoms with Crippen LogP contribution in [0.3, 0.4) is 0 Å². The van der Waals surface area contributed by atoms with Crippen LogP contribution >= 0.6 is 0 Å². The molecule has 1 N–H and O–H groups in total. The van der Waals surface area contributed by atoms with E-state index in [2.05, 4.69) is 4.98 Å². The molecule has 0 aliphatic rings. The summed E-state index contributed by atoms with van der Waals surface area (Å²) in [6.45, 7) is 0. The topological polar surface area (TPSA) is 36.1 Å². The van der Waals surface area contributed by atoms with Gasteiger partial charge in [0.15, 0.2) is 0 Å². The van der Waals surface area contributed by atoms with E-state index in [1.54, 1.807) is 0 Å². The van der Waals surface area contributed by atoms with Crippen LogP contribution in [0.1, 0.15) is 0 Å². The van der Waals surface area contributed by atoms with Gasteiger partial charge in [-0.1, -0.05) is 30.3 Å². The highest BCUT2D eigenvalue weighted by Crippen LogP contribution is 2.22. The summed E-state index contributed by atoms with van der Waals surface area (Å²) in [5.41, 5.74) is 2.95. The average Bonchev–Trinajstić information content (AvgIpc) is 2.47. The molecule has 0 unspecified atom stereocenters. The zero-order valence-electron chi connectivity index (χ0n) is 11.6. The van der Waals surface area contributed by atoms with Crippen molar-refractivity contribution in [2.75, 3.05) is 19.0 Å². The van der Waals surface area contributed by atoms with Crippen molar-refractivity contribution in [2.24, 2.45) is 0 Å². The first kappa shape index (κ1) is 12.5. The van der Waals surface area contributed by atoms with Crippen LogP contribution in [0.4, 0.5) is 5.69 Å². The molecule has 0 fully saturated rings. The minimum Gasteiger partial charge on any atom is -0.378 e. The highest BCUT2D eigenvalue weighted by molar-refractivity contribution is 5.85. The van der Waals surface area contributed by atoms with Crippen LogP contribution in [0, 0.1) is 0 Å². The molecular formula is C17H16N2O. The van der Waals surface area contributed by atoms with Crippen LogP contribution in [0.15, 0.2) is 59.4 Å². The van der Waals surface area contributed by atoms with Crippen molar-refractivity contribution in [3.05, 3.63) is 65.0 Å². The zero-order chi connectivity index (χ0) is 14.1. The van der Waals surface area contributed by atoms with E-state index in [9.17, 15) is 4.79 Å². The maximum absolute atomic E-state index is 12.1. The molecule has 0 bridgehead atoms. The Morgan fingerprint density at radius 2 is 1.65 bits per heavy atom. The number of aromatic amines is 1. The Balaban J connectivity index is 2.12. The number of hydrogen-bond acceptors (Lipinski definition) is 2. The lowest BCUT2D eigenvalue weighted by Gasteiger charge is -2.12. The summed E-state index contributed by atoms with van der Waals surface area (Å²) in [5, 5.41) is 1.68. The minimum atomic E-state index is -0.0465. The summed E-state index contributed by atoms with van der Waals surface area (Å²) in [5.74, 6) is 0. The van der Waals surface area contributed by atoms with Crippen molar-refractivity contribution in [2.45, 2.75) is 0 Å². The van der Waals surface area contributed by atoms with Crippen molar-refractivity contribution in [1.82, 2.24) is 4.98 Å². The molecule has 0 aliphatic carbocycles. The molecule has 0 amide bonds. The number of benzene rings is 2. The molecule has 0 atom stereocenters. The van der Waals surface area contributed by atoms with Crippen LogP contribution in [0.2, 0.25) is 0 Å². The molecule has 100 valence electrons. The van der Waals surface area contributed by atoms with E-state index in [1.807, 2.05) is 73.6 Å². The lowest BCUT2D eigenvalue weighted by atomic mass is 10.1. The normalized spacial score (nSPS) is 10.7. The quantitative estimate of drug-likeness (QED) is 0.771. The van der Waals surface area contributed by atoms with Gasteiger partial charge in [0.05, 0.1) is 0 Å². The van der Waals surface area contributed by atoms with E-state index < -0.39 is 0 Å². The first-order valence-electron chi connectivity index (χ1n) is 6.55. The van der Waals surface area contributed by atoms with E-state index >= 15 is 0 Å². The molecule has 0 saturated heterocycles. The van der Waals surface area contributed by atoms with Crippen molar-refractivity contribution < 1.29 is 0 Å². The van der Waals surface area contributed by atoms with Gasteiger partial charge in [0.1, 0.15) is 0 Å². The molecule has 2 aromatic carbocycles. The number of hydrogen-bond donors (Lipinski definition) is 1. The fraction of sp³-hybridized carbons (Fsp3) is 0.118. The van der Waals surface area contributed by atoms with Gasteiger partial charge in [-0.05, 0) is 35.2 Å². The lowest BCUT2D eigenvalue weighted by molar-refractivity contribution is 1.13. The summed E-state index contributed by atoms with van der Waals surface area (Å²) in [6.07, 6.45) is 0. The molecule has 3 nitrogen and oxygen atoms in total. The number of nitrogens with zero attached hydrogens (tertiary/aromatic N) is 1. The SMILES string of the molecule is CN(C)c1ccc(-c2cc3ccccc3c(=O)[nH]2)cc1. The van der Waals surface area contributed by atoms with Gasteiger partial charge in [-0.25, -0.2) is 0 Å². The minimum absolute atomic E-state index is 0.0465. The van der Waals surface area contributed by atoms with Gasteiger partial charge in [0.25, 0.3) is 5.56 Å². The van der Waals surface area contributed by atoms with Gasteiger partial charge in [0, 0.05) is 30.9 Å².